The summed E-state index contributed by atoms with van der Waals surface area (Å²) in [5.41, 5.74) is 3.17. The Bertz CT molecular complexity index is 1060. The summed E-state index contributed by atoms with van der Waals surface area (Å²) >= 11 is 0. The van der Waals surface area contributed by atoms with E-state index in [1.165, 1.54) is 0 Å². The molecule has 6 heteroatoms. The van der Waals surface area contributed by atoms with Gasteiger partial charge in [-0.1, -0.05) is 30.3 Å². The van der Waals surface area contributed by atoms with Crippen molar-refractivity contribution < 1.29 is 4.79 Å². The van der Waals surface area contributed by atoms with E-state index in [-0.39, 0.29) is 5.91 Å². The maximum Gasteiger partial charge on any atom is 0.270 e. The number of fused-ring (bicyclic) bond motifs is 1. The summed E-state index contributed by atoms with van der Waals surface area (Å²) in [4.78, 5) is 21.2. The minimum absolute atomic E-state index is 0.196. The Morgan fingerprint density at radius 3 is 2.73 bits per heavy atom. The molecule has 6 nitrogen and oxygen atoms in total. The van der Waals surface area contributed by atoms with Crippen molar-refractivity contribution in [3.8, 4) is 11.3 Å². The Hall–Kier alpha value is -3.54. The number of carbonyl (C=O) groups excluding carboxylic acids is 1. The molecule has 26 heavy (non-hydrogen) atoms. The fourth-order valence-corrected chi connectivity index (χ4v) is 2.82. The summed E-state index contributed by atoms with van der Waals surface area (Å²) in [6.07, 6.45) is 7.10. The van der Waals surface area contributed by atoms with Gasteiger partial charge in [0.15, 0.2) is 0 Å². The van der Waals surface area contributed by atoms with E-state index in [0.29, 0.717) is 12.2 Å². The normalized spacial score (nSPS) is 10.8. The summed E-state index contributed by atoms with van der Waals surface area (Å²) < 4.78 is 1.74. The number of nitrogens with zero attached hydrogens (tertiary/aromatic N) is 4. The van der Waals surface area contributed by atoms with Crippen LogP contribution in [0.5, 0.6) is 0 Å². The van der Waals surface area contributed by atoms with Crippen molar-refractivity contribution in [3.05, 3.63) is 78.5 Å². The molecule has 0 spiro atoms. The molecule has 4 rings (SSSR count). The van der Waals surface area contributed by atoms with E-state index in [9.17, 15) is 4.79 Å². The number of benzene rings is 1. The molecular weight excluding hydrogens is 326 g/mol. The molecule has 0 fully saturated rings. The molecule has 0 bridgehead atoms. The molecule has 0 aliphatic carbocycles. The fraction of sp³-hybridized carbons (Fsp3) is 0.100. The number of aromatic nitrogens is 4. The molecule has 128 valence electrons. The Morgan fingerprint density at radius 1 is 1.08 bits per heavy atom. The number of hydrogen-bond donors (Lipinski definition) is 1. The molecule has 1 aromatic carbocycles. The Kier molecular flexibility index (Phi) is 4.15. The van der Waals surface area contributed by atoms with Gasteiger partial charge in [0, 0.05) is 43.1 Å². The number of amides is 1. The zero-order chi connectivity index (χ0) is 17.9. The highest BCUT2D eigenvalue weighted by molar-refractivity contribution is 6.05. The Labute approximate surface area is 150 Å². The lowest BCUT2D eigenvalue weighted by Gasteiger charge is -2.07. The summed E-state index contributed by atoms with van der Waals surface area (Å²) in [6, 6.07) is 13.5. The van der Waals surface area contributed by atoms with Gasteiger partial charge in [-0.2, -0.15) is 5.10 Å². The third kappa shape index (κ3) is 3.17. The summed E-state index contributed by atoms with van der Waals surface area (Å²) in [7, 11) is 1.87. The Morgan fingerprint density at radius 2 is 1.96 bits per heavy atom. The molecule has 0 aliphatic rings. The van der Waals surface area contributed by atoms with Gasteiger partial charge in [0.1, 0.15) is 5.69 Å². The smallest absolute Gasteiger partial charge is 0.270 e. The van der Waals surface area contributed by atoms with Crippen LogP contribution in [-0.2, 0) is 13.6 Å². The van der Waals surface area contributed by atoms with Crippen LogP contribution in [0.25, 0.3) is 22.0 Å². The second-order valence-electron chi connectivity index (χ2n) is 6.02. The summed E-state index contributed by atoms with van der Waals surface area (Å²) in [5, 5.41) is 8.90. The van der Waals surface area contributed by atoms with Crippen LogP contribution >= 0.6 is 0 Å². The monoisotopic (exact) mass is 343 g/mol. The van der Waals surface area contributed by atoms with Crippen molar-refractivity contribution in [2.45, 2.75) is 6.54 Å². The van der Waals surface area contributed by atoms with Gasteiger partial charge in [0.25, 0.3) is 5.91 Å². The van der Waals surface area contributed by atoms with Gasteiger partial charge in [0.05, 0.1) is 11.9 Å². The second kappa shape index (κ2) is 6.76. The number of hydrogen-bond acceptors (Lipinski definition) is 4. The van der Waals surface area contributed by atoms with Crippen LogP contribution in [0.1, 0.15) is 16.1 Å². The topological polar surface area (TPSA) is 72.7 Å². The van der Waals surface area contributed by atoms with Gasteiger partial charge < -0.3 is 5.32 Å². The lowest BCUT2D eigenvalue weighted by Crippen LogP contribution is -2.24. The van der Waals surface area contributed by atoms with E-state index < -0.39 is 0 Å². The van der Waals surface area contributed by atoms with Gasteiger partial charge in [-0.05, 0) is 23.1 Å². The minimum Gasteiger partial charge on any atom is -0.347 e. The lowest BCUT2D eigenvalue weighted by molar-refractivity contribution is 0.0948. The predicted octanol–water partition coefficient (Wildman–Crippen LogP) is 2.96. The highest BCUT2D eigenvalue weighted by atomic mass is 16.1. The maximum atomic E-state index is 12.5. The first-order valence-electron chi connectivity index (χ1n) is 8.26. The van der Waals surface area contributed by atoms with Crippen LogP contribution < -0.4 is 5.32 Å². The van der Waals surface area contributed by atoms with Crippen LogP contribution in [0.2, 0.25) is 0 Å². The van der Waals surface area contributed by atoms with Crippen molar-refractivity contribution in [2.24, 2.45) is 7.05 Å². The first-order chi connectivity index (χ1) is 12.7. The summed E-state index contributed by atoms with van der Waals surface area (Å²) in [5.74, 6) is -0.196. The fourth-order valence-electron chi connectivity index (χ4n) is 2.82. The van der Waals surface area contributed by atoms with E-state index in [1.807, 2.05) is 55.7 Å². The largest absolute Gasteiger partial charge is 0.347 e. The van der Waals surface area contributed by atoms with Gasteiger partial charge in [-0.15, -0.1) is 0 Å². The second-order valence-corrected chi connectivity index (χ2v) is 6.02. The first kappa shape index (κ1) is 16.0. The molecular formula is C20H17N5O. The van der Waals surface area contributed by atoms with Gasteiger partial charge in [-0.25, -0.2) is 0 Å². The Balaban J connectivity index is 1.47. The van der Waals surface area contributed by atoms with Crippen LogP contribution in [0, 0.1) is 0 Å². The molecule has 1 N–H and O–H groups in total. The van der Waals surface area contributed by atoms with Crippen LogP contribution in [0.3, 0.4) is 0 Å². The van der Waals surface area contributed by atoms with E-state index in [4.69, 9.17) is 0 Å². The zero-order valence-electron chi connectivity index (χ0n) is 14.3. The number of rotatable bonds is 4. The van der Waals surface area contributed by atoms with Crippen molar-refractivity contribution in [2.75, 3.05) is 0 Å². The van der Waals surface area contributed by atoms with Gasteiger partial charge >= 0.3 is 0 Å². The quantitative estimate of drug-likeness (QED) is 0.618. The number of pyridine rings is 2. The van der Waals surface area contributed by atoms with E-state index in [1.54, 1.807) is 23.3 Å². The number of aryl methyl sites for hydroxylation is 1. The third-order valence-corrected chi connectivity index (χ3v) is 4.17. The number of carbonyl (C=O) groups is 1. The average molecular weight is 343 g/mol. The first-order valence-corrected chi connectivity index (χ1v) is 8.26. The minimum atomic E-state index is -0.196. The molecule has 0 aliphatic heterocycles. The standard InChI is InChI=1S/C20H17N5O/c1-25-13-16(12-24-25)18-7-6-14(10-22-18)11-23-20(26)19-17-5-3-2-4-15(17)8-9-21-19/h2-10,12-13H,11H2,1H3,(H,23,26). The average Bonchev–Trinajstić information content (AvgIpc) is 3.12. The zero-order valence-corrected chi connectivity index (χ0v) is 14.3. The molecule has 0 atom stereocenters. The highest BCUT2D eigenvalue weighted by Crippen LogP contribution is 2.17. The molecule has 0 radical (unpaired) electrons. The van der Waals surface area contributed by atoms with Crippen LogP contribution in [-0.4, -0.2) is 25.7 Å². The molecule has 3 aromatic heterocycles. The van der Waals surface area contributed by atoms with Crippen molar-refractivity contribution in [1.29, 1.82) is 0 Å². The van der Waals surface area contributed by atoms with Crippen molar-refractivity contribution in [3.63, 3.8) is 0 Å². The third-order valence-electron chi connectivity index (χ3n) is 4.17. The molecule has 0 unspecified atom stereocenters. The van der Waals surface area contributed by atoms with E-state index in [2.05, 4.69) is 20.4 Å². The van der Waals surface area contributed by atoms with Crippen molar-refractivity contribution in [1.82, 2.24) is 25.1 Å². The van der Waals surface area contributed by atoms with E-state index >= 15 is 0 Å². The molecule has 1 amide bonds. The lowest BCUT2D eigenvalue weighted by atomic mass is 10.1. The molecule has 0 saturated heterocycles. The highest BCUT2D eigenvalue weighted by Gasteiger charge is 2.11. The SMILES string of the molecule is Cn1cc(-c2ccc(CNC(=O)c3nccc4ccccc34)cn2)cn1. The van der Waals surface area contributed by atoms with Crippen LogP contribution in [0.4, 0.5) is 0 Å². The van der Waals surface area contributed by atoms with Crippen molar-refractivity contribution >= 4 is 16.7 Å². The maximum absolute atomic E-state index is 12.5. The predicted molar refractivity (Wildman–Crippen MR) is 99.4 cm³/mol. The number of nitrogens with one attached hydrogen (secondary N) is 1. The summed E-state index contributed by atoms with van der Waals surface area (Å²) in [6.45, 7) is 0.393. The van der Waals surface area contributed by atoms with E-state index in [0.717, 1.165) is 27.6 Å². The molecule has 4 aromatic rings. The van der Waals surface area contributed by atoms with Crippen LogP contribution in [0.15, 0.2) is 67.3 Å². The molecule has 3 heterocycles. The molecule has 0 saturated carbocycles. The van der Waals surface area contributed by atoms with Gasteiger partial charge in [-0.3, -0.25) is 19.4 Å². The van der Waals surface area contributed by atoms with Gasteiger partial charge in [0.2, 0.25) is 0 Å².